The van der Waals surface area contributed by atoms with Gasteiger partial charge in [-0.25, -0.2) is 0 Å². The zero-order chi connectivity index (χ0) is 19.8. The Kier molecular flexibility index (Phi) is 10.2. The molecule has 0 fully saturated rings. The van der Waals surface area contributed by atoms with Crippen LogP contribution in [0.2, 0.25) is 0 Å². The molecule has 0 aliphatic rings. The van der Waals surface area contributed by atoms with Crippen molar-refractivity contribution in [3.8, 4) is 11.5 Å². The molecule has 3 aromatic rings. The molecule has 12 heteroatoms. The Morgan fingerprint density at radius 2 is 1.63 bits per heavy atom. The van der Waals surface area contributed by atoms with E-state index in [2.05, 4.69) is 0 Å². The van der Waals surface area contributed by atoms with Gasteiger partial charge in [-0.05, 0) is 22.9 Å². The number of hydrogen-bond donors (Lipinski definition) is 3. The van der Waals surface area contributed by atoms with Gasteiger partial charge in [-0.1, -0.05) is 36.4 Å². The standard InChI is InChI=1S/C18H13NO7S.Cr.Na.H2O/c20-16-8-6-11-3-1-2-4-14(11)15(16)7-5-12-9-13(19(22)23)10-17(18(12)21)27(24,25)26;;;/h1-10,20-21H,(H,24,25,26);;;1H2/b7-5+;;;. The van der Waals surface area contributed by atoms with Crippen molar-refractivity contribution in [3.05, 3.63) is 69.8 Å². The number of nitro groups is 1. The SMILES string of the molecule is O.O=[N+]([O-])c1cc(/C=C/c2c(O)ccc3ccccc23)c(O)c(S(=O)(=O)O)c1.[Cr].[Na]. The van der Waals surface area contributed by atoms with Gasteiger partial charge in [0.05, 0.1) is 4.92 Å². The molecule has 0 spiro atoms. The first-order chi connectivity index (χ1) is 12.7. The fourth-order valence-corrected chi connectivity index (χ4v) is 3.31. The van der Waals surface area contributed by atoms with Gasteiger partial charge in [0.15, 0.2) is 0 Å². The molecule has 3 aromatic carbocycles. The first-order valence-electron chi connectivity index (χ1n) is 7.56. The van der Waals surface area contributed by atoms with Crippen LogP contribution in [0.15, 0.2) is 53.4 Å². The molecule has 5 N–H and O–H groups in total. The molecular weight excluding hydrogens is 465 g/mol. The number of nitrogens with zero attached hydrogens (tertiary/aromatic N) is 1. The number of rotatable bonds is 4. The summed E-state index contributed by atoms with van der Waals surface area (Å²) in [5.74, 6) is -0.899. The van der Waals surface area contributed by atoms with Crippen LogP contribution in [-0.2, 0) is 27.5 Å². The van der Waals surface area contributed by atoms with E-state index in [0.29, 0.717) is 17.0 Å². The Bertz CT molecular complexity index is 1210. The molecule has 30 heavy (non-hydrogen) atoms. The number of aromatic hydroxyl groups is 2. The Labute approximate surface area is 204 Å². The second kappa shape index (κ2) is 10.9. The average molecular weight is 480 g/mol. The zero-order valence-electron chi connectivity index (χ0n) is 15.5. The molecule has 0 amide bonds. The molecule has 1 radical (unpaired) electrons. The van der Waals surface area contributed by atoms with Crippen LogP contribution in [0.4, 0.5) is 5.69 Å². The number of phenols is 2. The second-order valence-electron chi connectivity index (χ2n) is 5.67. The Balaban J connectivity index is 0.00000280. The van der Waals surface area contributed by atoms with Crippen LogP contribution in [0, 0.1) is 10.1 Å². The molecule has 153 valence electrons. The van der Waals surface area contributed by atoms with Gasteiger partial charge in [0, 0.05) is 70.2 Å². The van der Waals surface area contributed by atoms with E-state index in [9.17, 15) is 33.3 Å². The van der Waals surface area contributed by atoms with E-state index in [-0.39, 0.29) is 63.7 Å². The first kappa shape index (κ1) is 28.1. The van der Waals surface area contributed by atoms with Crippen molar-refractivity contribution < 1.29 is 50.9 Å². The number of phenolic OH excluding ortho intramolecular Hbond substituents is 2. The number of hydrogen-bond acceptors (Lipinski definition) is 6. The molecule has 0 atom stereocenters. The third kappa shape index (κ3) is 5.81. The van der Waals surface area contributed by atoms with E-state index >= 15 is 0 Å². The number of non-ortho nitro benzene ring substituents is 1. The largest absolute Gasteiger partial charge is 0.507 e. The van der Waals surface area contributed by atoms with Crippen LogP contribution in [0.25, 0.3) is 22.9 Å². The van der Waals surface area contributed by atoms with Crippen LogP contribution < -0.4 is 0 Å². The van der Waals surface area contributed by atoms with Crippen molar-refractivity contribution in [2.45, 2.75) is 4.90 Å². The molecule has 0 aromatic heterocycles. The summed E-state index contributed by atoms with van der Waals surface area (Å²) < 4.78 is 32.0. The Hall–Kier alpha value is -1.94. The van der Waals surface area contributed by atoms with E-state index in [1.807, 2.05) is 12.1 Å². The van der Waals surface area contributed by atoms with Crippen LogP contribution in [0.1, 0.15) is 11.1 Å². The Morgan fingerprint density at radius 3 is 2.23 bits per heavy atom. The van der Waals surface area contributed by atoms with Gasteiger partial charge in [-0.2, -0.15) is 8.42 Å². The minimum atomic E-state index is -4.88. The molecule has 0 aliphatic carbocycles. The summed E-state index contributed by atoms with van der Waals surface area (Å²) >= 11 is 0. The van der Waals surface area contributed by atoms with Gasteiger partial charge in [0.1, 0.15) is 16.4 Å². The molecule has 3 rings (SSSR count). The maximum absolute atomic E-state index is 11.4. The summed E-state index contributed by atoms with van der Waals surface area (Å²) in [5.41, 5.74) is -0.446. The van der Waals surface area contributed by atoms with Crippen molar-refractivity contribution in [1.29, 1.82) is 0 Å². The Morgan fingerprint density at radius 1 is 1.00 bits per heavy atom. The monoisotopic (exact) mass is 480 g/mol. The van der Waals surface area contributed by atoms with E-state index in [1.54, 1.807) is 18.2 Å². The molecule has 0 aliphatic heterocycles. The summed E-state index contributed by atoms with van der Waals surface area (Å²) in [6.07, 6.45) is 2.61. The van der Waals surface area contributed by atoms with Gasteiger partial charge in [0.25, 0.3) is 15.8 Å². The summed E-state index contributed by atoms with van der Waals surface area (Å²) in [6.45, 7) is 0. The third-order valence-corrected chi connectivity index (χ3v) is 4.82. The fraction of sp³-hybridized carbons (Fsp3) is 0. The molecule has 0 bridgehead atoms. The van der Waals surface area contributed by atoms with Gasteiger partial charge in [0.2, 0.25) is 0 Å². The number of benzene rings is 3. The molecular formula is C18H15CrNNaO8S. The smallest absolute Gasteiger partial charge is 0.298 e. The van der Waals surface area contributed by atoms with E-state index in [0.717, 1.165) is 11.5 Å². The zero-order valence-corrected chi connectivity index (χ0v) is 19.6. The topological polar surface area (TPSA) is 169 Å². The minimum Gasteiger partial charge on any atom is -0.507 e. The second-order valence-corrected chi connectivity index (χ2v) is 7.06. The van der Waals surface area contributed by atoms with E-state index < -0.39 is 31.4 Å². The predicted octanol–water partition coefficient (Wildman–Crippen LogP) is 2.37. The van der Waals surface area contributed by atoms with Crippen LogP contribution in [-0.4, -0.2) is 63.1 Å². The third-order valence-electron chi connectivity index (χ3n) is 3.96. The van der Waals surface area contributed by atoms with Crippen molar-refractivity contribution in [1.82, 2.24) is 0 Å². The summed E-state index contributed by atoms with van der Waals surface area (Å²) in [5, 5.41) is 32.8. The van der Waals surface area contributed by atoms with Crippen molar-refractivity contribution in [2.24, 2.45) is 0 Å². The molecule has 9 nitrogen and oxygen atoms in total. The van der Waals surface area contributed by atoms with E-state index in [1.165, 1.54) is 18.2 Å². The average Bonchev–Trinajstić information content (AvgIpc) is 2.60. The number of fused-ring (bicyclic) bond motifs is 1. The molecule has 0 heterocycles. The summed E-state index contributed by atoms with van der Waals surface area (Å²) in [7, 11) is -4.88. The van der Waals surface area contributed by atoms with Crippen LogP contribution in [0.5, 0.6) is 11.5 Å². The maximum Gasteiger partial charge on any atom is 0.298 e. The normalized spacial score (nSPS) is 10.7. The fourth-order valence-electron chi connectivity index (χ4n) is 2.68. The molecule has 0 unspecified atom stereocenters. The van der Waals surface area contributed by atoms with Gasteiger partial charge < -0.3 is 15.7 Å². The van der Waals surface area contributed by atoms with Crippen molar-refractivity contribution in [2.75, 3.05) is 0 Å². The van der Waals surface area contributed by atoms with E-state index in [4.69, 9.17) is 0 Å². The molecule has 0 saturated carbocycles. The minimum absolute atomic E-state index is 0. The summed E-state index contributed by atoms with van der Waals surface area (Å²) in [6, 6.07) is 11.9. The number of nitro benzene ring substituents is 1. The van der Waals surface area contributed by atoms with Crippen LogP contribution >= 0.6 is 0 Å². The first-order valence-corrected chi connectivity index (χ1v) is 9.00. The quantitative estimate of drug-likeness (QED) is 0.169. The van der Waals surface area contributed by atoms with Gasteiger partial charge in [-0.3, -0.25) is 14.7 Å². The van der Waals surface area contributed by atoms with Gasteiger partial charge >= 0.3 is 0 Å². The van der Waals surface area contributed by atoms with Crippen molar-refractivity contribution >= 4 is 68.3 Å². The summed E-state index contributed by atoms with van der Waals surface area (Å²) in [4.78, 5) is 9.21. The van der Waals surface area contributed by atoms with Crippen LogP contribution in [0.3, 0.4) is 0 Å². The molecule has 0 saturated heterocycles. The van der Waals surface area contributed by atoms with Crippen molar-refractivity contribution in [3.63, 3.8) is 0 Å². The predicted molar refractivity (Wildman–Crippen MR) is 108 cm³/mol. The maximum atomic E-state index is 11.4. The van der Waals surface area contributed by atoms with Gasteiger partial charge in [-0.15, -0.1) is 0 Å².